The number of carbonyl (C=O) groups excluding carboxylic acids is 1. The number of hydrogen-bond acceptors (Lipinski definition) is 6. The minimum Gasteiger partial charge on any atom is -0.347 e. The van der Waals surface area contributed by atoms with Crippen LogP contribution >= 0.6 is 22.9 Å². The highest BCUT2D eigenvalue weighted by molar-refractivity contribution is 7.09. The quantitative estimate of drug-likeness (QED) is 0.531. The Balaban J connectivity index is 2.19. The summed E-state index contributed by atoms with van der Waals surface area (Å²) in [6, 6.07) is 1.18. The van der Waals surface area contributed by atoms with Crippen LogP contribution in [-0.2, 0) is 6.54 Å². The van der Waals surface area contributed by atoms with Crippen molar-refractivity contribution in [3.63, 3.8) is 0 Å². The molecule has 20 heavy (non-hydrogen) atoms. The van der Waals surface area contributed by atoms with Crippen molar-refractivity contribution in [1.82, 2.24) is 15.3 Å². The van der Waals surface area contributed by atoms with E-state index in [1.807, 2.05) is 6.92 Å². The van der Waals surface area contributed by atoms with E-state index in [2.05, 4.69) is 15.3 Å². The fourth-order valence-corrected chi connectivity index (χ4v) is 2.38. The number of carbonyl (C=O) groups is 1. The van der Waals surface area contributed by atoms with Crippen molar-refractivity contribution in [1.29, 1.82) is 0 Å². The van der Waals surface area contributed by atoms with Gasteiger partial charge in [0, 0.05) is 4.88 Å². The van der Waals surface area contributed by atoms with Crippen LogP contribution in [0.4, 0.5) is 5.69 Å². The van der Waals surface area contributed by atoms with Gasteiger partial charge >= 0.3 is 0 Å². The van der Waals surface area contributed by atoms with E-state index in [0.717, 1.165) is 16.8 Å². The first-order valence-electron chi connectivity index (χ1n) is 5.46. The molecule has 0 aromatic carbocycles. The number of hydrogen-bond donors (Lipinski definition) is 1. The lowest BCUT2D eigenvalue weighted by molar-refractivity contribution is -0.385. The number of aromatic nitrogens is 2. The molecule has 0 aliphatic heterocycles. The lowest BCUT2D eigenvalue weighted by Crippen LogP contribution is -2.23. The van der Waals surface area contributed by atoms with Gasteiger partial charge < -0.3 is 5.32 Å². The number of nitro groups is 1. The average molecular weight is 313 g/mol. The van der Waals surface area contributed by atoms with Crippen LogP contribution in [0.25, 0.3) is 0 Å². The molecule has 2 rings (SSSR count). The molecule has 9 heteroatoms. The Labute approximate surface area is 122 Å². The lowest BCUT2D eigenvalue weighted by Gasteiger charge is -2.05. The highest BCUT2D eigenvalue weighted by Gasteiger charge is 2.21. The Kier molecular flexibility index (Phi) is 4.26. The molecule has 7 nitrogen and oxygen atoms in total. The van der Waals surface area contributed by atoms with E-state index in [0.29, 0.717) is 0 Å². The van der Waals surface area contributed by atoms with Crippen LogP contribution in [0.15, 0.2) is 17.8 Å². The first kappa shape index (κ1) is 14.4. The molecule has 0 aliphatic carbocycles. The zero-order chi connectivity index (χ0) is 14.7. The minimum absolute atomic E-state index is 0.0229. The summed E-state index contributed by atoms with van der Waals surface area (Å²) in [5.41, 5.74) is 1.99. The van der Waals surface area contributed by atoms with Crippen molar-refractivity contribution in [3.8, 4) is 0 Å². The van der Waals surface area contributed by atoms with Gasteiger partial charge in [-0.3, -0.25) is 14.9 Å². The number of rotatable bonds is 4. The second-order valence-corrected chi connectivity index (χ2v) is 5.15. The number of pyridine rings is 1. The number of amides is 1. The summed E-state index contributed by atoms with van der Waals surface area (Å²) in [6.07, 6.45) is 0.967. The second-order valence-electron chi connectivity index (χ2n) is 3.82. The monoisotopic (exact) mass is 312 g/mol. The van der Waals surface area contributed by atoms with Crippen LogP contribution in [-0.4, -0.2) is 20.8 Å². The third-order valence-electron chi connectivity index (χ3n) is 2.55. The van der Waals surface area contributed by atoms with E-state index in [9.17, 15) is 14.9 Å². The second kappa shape index (κ2) is 5.93. The number of nitrogens with zero attached hydrogens (tertiary/aromatic N) is 3. The molecule has 0 unspecified atom stereocenters. The summed E-state index contributed by atoms with van der Waals surface area (Å²) in [6.45, 7) is 2.08. The predicted molar refractivity (Wildman–Crippen MR) is 73.9 cm³/mol. The molecule has 104 valence electrons. The van der Waals surface area contributed by atoms with E-state index in [1.54, 1.807) is 5.51 Å². The largest absolute Gasteiger partial charge is 0.347 e. The molecule has 0 saturated heterocycles. The standard InChI is InChI=1S/C11H9ClN4O3S/c1-6-9(20-5-15-6)4-14-11(17)7-2-10(12)13-3-8(7)16(18)19/h2-3,5H,4H2,1H3,(H,14,17). The van der Waals surface area contributed by atoms with Gasteiger partial charge in [-0.05, 0) is 13.0 Å². The van der Waals surface area contributed by atoms with Crippen molar-refractivity contribution in [2.75, 3.05) is 0 Å². The summed E-state index contributed by atoms with van der Waals surface area (Å²) >= 11 is 7.07. The van der Waals surface area contributed by atoms with E-state index in [4.69, 9.17) is 11.6 Å². The van der Waals surface area contributed by atoms with E-state index in [1.165, 1.54) is 17.4 Å². The zero-order valence-electron chi connectivity index (χ0n) is 10.3. The van der Waals surface area contributed by atoms with Crippen LogP contribution in [0.5, 0.6) is 0 Å². The van der Waals surface area contributed by atoms with Crippen molar-refractivity contribution in [2.45, 2.75) is 13.5 Å². The Morgan fingerprint density at radius 3 is 2.90 bits per heavy atom. The maximum absolute atomic E-state index is 12.0. The smallest absolute Gasteiger partial charge is 0.300 e. The molecule has 0 saturated carbocycles. The summed E-state index contributed by atoms with van der Waals surface area (Å²) in [7, 11) is 0. The van der Waals surface area contributed by atoms with Crippen LogP contribution in [0, 0.1) is 17.0 Å². The van der Waals surface area contributed by atoms with Crippen LogP contribution < -0.4 is 5.32 Å². The van der Waals surface area contributed by atoms with Crippen molar-refractivity contribution in [2.24, 2.45) is 0 Å². The van der Waals surface area contributed by atoms with Crippen LogP contribution in [0.3, 0.4) is 0 Å². The number of halogens is 1. The molecule has 0 spiro atoms. The fraction of sp³-hybridized carbons (Fsp3) is 0.182. The SMILES string of the molecule is Cc1ncsc1CNC(=O)c1cc(Cl)ncc1[N+](=O)[O-]. The van der Waals surface area contributed by atoms with Gasteiger partial charge in [0.1, 0.15) is 16.9 Å². The average Bonchev–Trinajstić information content (AvgIpc) is 2.81. The molecular weight excluding hydrogens is 304 g/mol. The van der Waals surface area contributed by atoms with E-state index >= 15 is 0 Å². The first-order chi connectivity index (χ1) is 9.49. The summed E-state index contributed by atoms with van der Waals surface area (Å²) in [5, 5.41) is 13.5. The maximum atomic E-state index is 12.0. The van der Waals surface area contributed by atoms with Gasteiger partial charge in [0.15, 0.2) is 0 Å². The highest BCUT2D eigenvalue weighted by atomic mass is 35.5. The summed E-state index contributed by atoms with van der Waals surface area (Å²) in [4.78, 5) is 30.7. The number of nitrogens with one attached hydrogen (secondary N) is 1. The third-order valence-corrected chi connectivity index (χ3v) is 3.69. The number of aryl methyl sites for hydroxylation is 1. The van der Waals surface area contributed by atoms with Crippen molar-refractivity contribution < 1.29 is 9.72 Å². The van der Waals surface area contributed by atoms with Gasteiger partial charge in [-0.1, -0.05) is 11.6 Å². The molecule has 0 radical (unpaired) electrons. The van der Waals surface area contributed by atoms with Gasteiger partial charge in [-0.15, -0.1) is 11.3 Å². The topological polar surface area (TPSA) is 98.0 Å². The van der Waals surface area contributed by atoms with Gasteiger partial charge in [0.25, 0.3) is 11.6 Å². The van der Waals surface area contributed by atoms with E-state index < -0.39 is 10.8 Å². The highest BCUT2D eigenvalue weighted by Crippen LogP contribution is 2.20. The molecule has 2 aromatic rings. The molecule has 2 heterocycles. The van der Waals surface area contributed by atoms with Gasteiger partial charge in [-0.25, -0.2) is 9.97 Å². The summed E-state index contributed by atoms with van der Waals surface area (Å²) < 4.78 is 0. The summed E-state index contributed by atoms with van der Waals surface area (Å²) in [5.74, 6) is -0.575. The first-order valence-corrected chi connectivity index (χ1v) is 6.72. The molecule has 0 bridgehead atoms. The van der Waals surface area contributed by atoms with Crippen molar-refractivity contribution in [3.05, 3.63) is 49.2 Å². The predicted octanol–water partition coefficient (Wildman–Crippen LogP) is 2.34. The molecule has 2 aromatic heterocycles. The third kappa shape index (κ3) is 3.09. The number of thiazole rings is 1. The Bertz CT molecular complexity index is 673. The molecular formula is C11H9ClN4O3S. The van der Waals surface area contributed by atoms with Crippen LogP contribution in [0.1, 0.15) is 20.9 Å². The molecule has 1 amide bonds. The Hall–Kier alpha value is -2.06. The molecule has 0 fully saturated rings. The lowest BCUT2D eigenvalue weighted by atomic mass is 10.2. The fourth-order valence-electron chi connectivity index (χ4n) is 1.50. The van der Waals surface area contributed by atoms with Crippen LogP contribution in [0.2, 0.25) is 5.15 Å². The Morgan fingerprint density at radius 2 is 2.30 bits per heavy atom. The zero-order valence-corrected chi connectivity index (χ0v) is 11.9. The van der Waals surface area contributed by atoms with Crippen molar-refractivity contribution >= 4 is 34.5 Å². The minimum atomic E-state index is -0.670. The molecule has 0 aliphatic rings. The normalized spacial score (nSPS) is 10.3. The van der Waals surface area contributed by atoms with Gasteiger partial charge in [-0.2, -0.15) is 0 Å². The van der Waals surface area contributed by atoms with Gasteiger partial charge in [0.2, 0.25) is 0 Å². The van der Waals surface area contributed by atoms with Gasteiger partial charge in [0.05, 0.1) is 22.7 Å². The molecule has 1 N–H and O–H groups in total. The maximum Gasteiger partial charge on any atom is 0.300 e. The Morgan fingerprint density at radius 1 is 1.55 bits per heavy atom. The molecule has 0 atom stereocenters. The van der Waals surface area contributed by atoms with E-state index in [-0.39, 0.29) is 22.9 Å².